The Morgan fingerprint density at radius 2 is 1.91 bits per heavy atom. The minimum absolute atomic E-state index is 0.710. The zero-order valence-electron chi connectivity index (χ0n) is 13.7. The molecule has 5 heteroatoms. The number of hydrogen-bond acceptors (Lipinski definition) is 5. The Kier molecular flexibility index (Phi) is 5.42. The third-order valence-corrected chi connectivity index (χ3v) is 3.93. The van der Waals surface area contributed by atoms with Gasteiger partial charge in [-0.2, -0.15) is 4.98 Å². The number of nitrogens with zero attached hydrogens (tertiary/aromatic N) is 3. The molecule has 3 rings (SSSR count). The second-order valence-corrected chi connectivity index (χ2v) is 5.68. The number of unbranched alkanes of at least 4 members (excludes halogenated alkanes) is 1. The summed E-state index contributed by atoms with van der Waals surface area (Å²) in [4.78, 5) is 11.7. The van der Waals surface area contributed by atoms with E-state index in [4.69, 9.17) is 14.7 Å². The van der Waals surface area contributed by atoms with Gasteiger partial charge in [-0.25, -0.2) is 4.98 Å². The van der Waals surface area contributed by atoms with E-state index in [1.807, 2.05) is 18.2 Å². The molecule has 0 atom stereocenters. The van der Waals surface area contributed by atoms with Gasteiger partial charge in [0.15, 0.2) is 0 Å². The molecule has 1 aromatic heterocycles. The Hall–Kier alpha value is -2.14. The molecule has 1 N–H and O–H groups in total. The predicted molar refractivity (Wildman–Crippen MR) is 93.9 cm³/mol. The maximum absolute atomic E-state index is 5.45. The Morgan fingerprint density at radius 1 is 1.13 bits per heavy atom. The monoisotopic (exact) mass is 312 g/mol. The topological polar surface area (TPSA) is 50.3 Å². The van der Waals surface area contributed by atoms with Crippen LogP contribution in [0.1, 0.15) is 19.8 Å². The van der Waals surface area contributed by atoms with Gasteiger partial charge in [0.25, 0.3) is 0 Å². The van der Waals surface area contributed by atoms with E-state index < -0.39 is 0 Å². The minimum atomic E-state index is 0.710. The summed E-state index contributed by atoms with van der Waals surface area (Å²) < 4.78 is 5.45. The van der Waals surface area contributed by atoms with Crippen LogP contribution in [-0.2, 0) is 4.74 Å². The summed E-state index contributed by atoms with van der Waals surface area (Å²) in [6.45, 7) is 6.34. The van der Waals surface area contributed by atoms with Crippen molar-refractivity contribution in [2.45, 2.75) is 19.8 Å². The fourth-order valence-corrected chi connectivity index (χ4v) is 2.60. The average Bonchev–Trinajstić information content (AvgIpc) is 2.63. The summed E-state index contributed by atoms with van der Waals surface area (Å²) in [6.07, 6.45) is 2.27. The van der Waals surface area contributed by atoms with Gasteiger partial charge >= 0.3 is 0 Å². The third-order valence-electron chi connectivity index (χ3n) is 3.93. The van der Waals surface area contributed by atoms with E-state index >= 15 is 0 Å². The second-order valence-electron chi connectivity index (χ2n) is 5.68. The van der Waals surface area contributed by atoms with Gasteiger partial charge < -0.3 is 15.0 Å². The maximum atomic E-state index is 5.45. The highest BCUT2D eigenvalue weighted by Gasteiger charge is 2.15. The van der Waals surface area contributed by atoms with Crippen molar-refractivity contribution in [2.75, 3.05) is 43.1 Å². The van der Waals surface area contributed by atoms with E-state index in [2.05, 4.69) is 35.3 Å². The molecular weight excluding hydrogens is 288 g/mol. The van der Waals surface area contributed by atoms with Gasteiger partial charge in [-0.3, -0.25) is 0 Å². The van der Waals surface area contributed by atoms with Gasteiger partial charge in [-0.1, -0.05) is 43.7 Å². The second kappa shape index (κ2) is 7.92. The zero-order chi connectivity index (χ0) is 15.9. The van der Waals surface area contributed by atoms with Crippen molar-refractivity contribution >= 4 is 11.8 Å². The van der Waals surface area contributed by atoms with Gasteiger partial charge in [-0.15, -0.1) is 0 Å². The first-order chi connectivity index (χ1) is 11.4. The maximum Gasteiger partial charge on any atom is 0.225 e. The summed E-state index contributed by atoms with van der Waals surface area (Å²) in [5.41, 5.74) is 2.07. The normalized spacial score (nSPS) is 14.7. The van der Waals surface area contributed by atoms with E-state index in [0.717, 1.165) is 62.8 Å². The largest absolute Gasteiger partial charge is 0.378 e. The van der Waals surface area contributed by atoms with Crippen LogP contribution in [0, 0.1) is 0 Å². The molecule has 0 amide bonds. The molecule has 1 fully saturated rings. The molecular formula is C18H24N4O. The van der Waals surface area contributed by atoms with Crippen molar-refractivity contribution < 1.29 is 4.74 Å². The molecule has 122 valence electrons. The zero-order valence-corrected chi connectivity index (χ0v) is 13.7. The number of ether oxygens (including phenoxy) is 1. The molecule has 0 saturated carbocycles. The average molecular weight is 312 g/mol. The fourth-order valence-electron chi connectivity index (χ4n) is 2.60. The molecule has 1 aliphatic heterocycles. The molecule has 23 heavy (non-hydrogen) atoms. The van der Waals surface area contributed by atoms with E-state index in [9.17, 15) is 0 Å². The summed E-state index contributed by atoms with van der Waals surface area (Å²) in [5, 5.41) is 3.36. The van der Waals surface area contributed by atoms with Crippen LogP contribution in [-0.4, -0.2) is 42.8 Å². The van der Waals surface area contributed by atoms with Crippen molar-refractivity contribution in [1.29, 1.82) is 0 Å². The lowest BCUT2D eigenvalue weighted by molar-refractivity contribution is 0.122. The van der Waals surface area contributed by atoms with Gasteiger partial charge in [0.1, 0.15) is 5.82 Å². The molecule has 0 unspecified atom stereocenters. The molecule has 0 bridgehead atoms. The quantitative estimate of drug-likeness (QED) is 0.830. The molecule has 0 spiro atoms. The summed E-state index contributed by atoms with van der Waals surface area (Å²) in [5.74, 6) is 1.68. The number of aromatic nitrogens is 2. The summed E-state index contributed by atoms with van der Waals surface area (Å²) >= 11 is 0. The number of benzene rings is 1. The smallest absolute Gasteiger partial charge is 0.225 e. The number of nitrogens with one attached hydrogen (secondary N) is 1. The van der Waals surface area contributed by atoms with Crippen LogP contribution < -0.4 is 10.2 Å². The minimum Gasteiger partial charge on any atom is -0.378 e. The Labute approximate surface area is 137 Å². The van der Waals surface area contributed by atoms with Crippen LogP contribution in [0.4, 0.5) is 11.8 Å². The molecule has 2 aromatic rings. The van der Waals surface area contributed by atoms with E-state index in [1.54, 1.807) is 0 Å². The lowest BCUT2D eigenvalue weighted by Gasteiger charge is -2.28. The fraction of sp³-hybridized carbons (Fsp3) is 0.444. The van der Waals surface area contributed by atoms with Crippen LogP contribution in [0.2, 0.25) is 0 Å². The van der Waals surface area contributed by atoms with Crippen LogP contribution in [0.5, 0.6) is 0 Å². The first-order valence-corrected chi connectivity index (χ1v) is 8.38. The number of anilines is 2. The van der Waals surface area contributed by atoms with Crippen molar-refractivity contribution in [3.8, 4) is 11.3 Å². The number of hydrogen-bond donors (Lipinski definition) is 1. The van der Waals surface area contributed by atoms with Crippen molar-refractivity contribution in [1.82, 2.24) is 9.97 Å². The van der Waals surface area contributed by atoms with Gasteiger partial charge in [0, 0.05) is 31.3 Å². The van der Waals surface area contributed by atoms with Crippen molar-refractivity contribution in [3.63, 3.8) is 0 Å². The Bertz CT molecular complexity index is 612. The summed E-state index contributed by atoms with van der Waals surface area (Å²) in [6, 6.07) is 12.3. The standard InChI is InChI=1S/C18H24N4O/c1-2-3-9-19-18-20-16(15-7-5-4-6-8-15)14-17(21-18)22-10-12-23-13-11-22/h4-8,14H,2-3,9-13H2,1H3,(H,19,20,21). The van der Waals surface area contributed by atoms with Crippen LogP contribution in [0.3, 0.4) is 0 Å². The molecule has 2 heterocycles. The first kappa shape index (κ1) is 15.7. The molecule has 5 nitrogen and oxygen atoms in total. The molecule has 1 saturated heterocycles. The van der Waals surface area contributed by atoms with Crippen LogP contribution in [0.15, 0.2) is 36.4 Å². The lowest BCUT2D eigenvalue weighted by Crippen LogP contribution is -2.37. The van der Waals surface area contributed by atoms with E-state index in [1.165, 1.54) is 0 Å². The first-order valence-electron chi connectivity index (χ1n) is 8.38. The highest BCUT2D eigenvalue weighted by atomic mass is 16.5. The molecule has 0 radical (unpaired) electrons. The van der Waals surface area contributed by atoms with Crippen molar-refractivity contribution in [3.05, 3.63) is 36.4 Å². The number of morpholine rings is 1. The van der Waals surface area contributed by atoms with Crippen LogP contribution >= 0.6 is 0 Å². The van der Waals surface area contributed by atoms with Gasteiger partial charge in [0.05, 0.1) is 18.9 Å². The van der Waals surface area contributed by atoms with Crippen molar-refractivity contribution in [2.24, 2.45) is 0 Å². The van der Waals surface area contributed by atoms with Gasteiger partial charge in [-0.05, 0) is 6.42 Å². The third kappa shape index (κ3) is 4.20. The Balaban J connectivity index is 1.89. The SMILES string of the molecule is CCCCNc1nc(-c2ccccc2)cc(N2CCOCC2)n1. The Morgan fingerprint density at radius 3 is 2.65 bits per heavy atom. The van der Waals surface area contributed by atoms with E-state index in [-0.39, 0.29) is 0 Å². The number of rotatable bonds is 6. The highest BCUT2D eigenvalue weighted by Crippen LogP contribution is 2.24. The van der Waals surface area contributed by atoms with Crippen LogP contribution in [0.25, 0.3) is 11.3 Å². The molecule has 0 aliphatic carbocycles. The molecule has 1 aliphatic rings. The highest BCUT2D eigenvalue weighted by molar-refractivity contribution is 5.64. The predicted octanol–water partition coefficient (Wildman–Crippen LogP) is 3.19. The molecule has 1 aromatic carbocycles. The van der Waals surface area contributed by atoms with E-state index in [0.29, 0.717) is 5.95 Å². The lowest BCUT2D eigenvalue weighted by atomic mass is 10.1. The summed E-state index contributed by atoms with van der Waals surface area (Å²) in [7, 11) is 0. The van der Waals surface area contributed by atoms with Gasteiger partial charge in [0.2, 0.25) is 5.95 Å².